The summed E-state index contributed by atoms with van der Waals surface area (Å²) in [6.07, 6.45) is 0.655. The Labute approximate surface area is 139 Å². The lowest BCUT2D eigenvalue weighted by molar-refractivity contribution is 0.107. The average Bonchev–Trinajstić information content (AvgIpc) is 2.53. The van der Waals surface area contributed by atoms with Crippen LogP contribution in [0.5, 0.6) is 0 Å². The molecule has 0 saturated carbocycles. The fourth-order valence-electron chi connectivity index (χ4n) is 3.11. The van der Waals surface area contributed by atoms with E-state index in [1.54, 1.807) is 0 Å². The second-order valence-electron chi connectivity index (χ2n) is 6.37. The SMILES string of the molecule is CCC(C)(c1ccccc1)[P+](=O)C(=O)c1c(C)cc(C)cc1C. The zero-order valence-electron chi connectivity index (χ0n) is 14.5. The van der Waals surface area contributed by atoms with Crippen LogP contribution in [-0.2, 0) is 9.72 Å². The van der Waals surface area contributed by atoms with Gasteiger partial charge in [0.05, 0.1) is 5.56 Å². The van der Waals surface area contributed by atoms with Gasteiger partial charge in [-0.25, -0.2) is 4.79 Å². The first-order valence-electron chi connectivity index (χ1n) is 7.96. The van der Waals surface area contributed by atoms with Gasteiger partial charge in [0.15, 0.2) is 5.16 Å². The largest absolute Gasteiger partial charge is 0.430 e. The van der Waals surface area contributed by atoms with Crippen molar-refractivity contribution in [1.82, 2.24) is 0 Å². The highest BCUT2D eigenvalue weighted by Crippen LogP contribution is 2.52. The van der Waals surface area contributed by atoms with Crippen LogP contribution in [0.4, 0.5) is 0 Å². The molecule has 0 aromatic heterocycles. The van der Waals surface area contributed by atoms with Crippen molar-refractivity contribution in [3.05, 3.63) is 70.3 Å². The minimum absolute atomic E-state index is 0.233. The maximum atomic E-state index is 13.2. The lowest BCUT2D eigenvalue weighted by atomic mass is 9.97. The number of rotatable bonds is 5. The van der Waals surface area contributed by atoms with Gasteiger partial charge in [0.2, 0.25) is 0 Å². The molecule has 2 aromatic rings. The molecule has 2 nitrogen and oxygen atoms in total. The number of hydrogen-bond acceptors (Lipinski definition) is 2. The molecule has 0 radical (unpaired) electrons. The van der Waals surface area contributed by atoms with E-state index in [1.807, 2.05) is 77.1 Å². The molecule has 0 bridgehead atoms. The molecule has 0 N–H and O–H groups in total. The number of benzene rings is 2. The molecule has 0 aliphatic heterocycles. The van der Waals surface area contributed by atoms with Gasteiger partial charge < -0.3 is 0 Å². The highest BCUT2D eigenvalue weighted by atomic mass is 31.1. The fourth-order valence-corrected chi connectivity index (χ4v) is 4.78. The van der Waals surface area contributed by atoms with Crippen molar-refractivity contribution in [2.24, 2.45) is 0 Å². The van der Waals surface area contributed by atoms with Crippen molar-refractivity contribution in [1.29, 1.82) is 0 Å². The maximum Gasteiger partial charge on any atom is 0.430 e. The van der Waals surface area contributed by atoms with Crippen LogP contribution in [0.25, 0.3) is 0 Å². The van der Waals surface area contributed by atoms with E-state index in [0.29, 0.717) is 12.0 Å². The van der Waals surface area contributed by atoms with E-state index in [0.717, 1.165) is 22.3 Å². The quantitative estimate of drug-likeness (QED) is 0.640. The molecule has 2 unspecified atom stereocenters. The second kappa shape index (κ2) is 6.76. The number of carbonyl (C=O) groups is 1. The van der Waals surface area contributed by atoms with Gasteiger partial charge in [0.1, 0.15) is 0 Å². The summed E-state index contributed by atoms with van der Waals surface area (Å²) in [5, 5.41) is -0.641. The van der Waals surface area contributed by atoms with Crippen LogP contribution in [0.2, 0.25) is 0 Å². The monoisotopic (exact) mass is 327 g/mol. The Kier molecular flexibility index (Phi) is 5.16. The first-order valence-corrected chi connectivity index (χ1v) is 9.22. The Morgan fingerprint density at radius 2 is 1.57 bits per heavy atom. The Hall–Kier alpha value is -1.79. The van der Waals surface area contributed by atoms with E-state index in [2.05, 4.69) is 0 Å². The molecule has 0 aliphatic carbocycles. The summed E-state index contributed by atoms with van der Waals surface area (Å²) >= 11 is 0. The van der Waals surface area contributed by atoms with Gasteiger partial charge >= 0.3 is 13.3 Å². The summed E-state index contributed by atoms with van der Waals surface area (Å²) in [7, 11) is -2.07. The van der Waals surface area contributed by atoms with Crippen LogP contribution in [0.3, 0.4) is 0 Å². The Morgan fingerprint density at radius 3 is 2.04 bits per heavy atom. The van der Waals surface area contributed by atoms with Crippen molar-refractivity contribution in [2.75, 3.05) is 0 Å². The van der Waals surface area contributed by atoms with Crippen LogP contribution < -0.4 is 0 Å². The van der Waals surface area contributed by atoms with Gasteiger partial charge in [-0.05, 0) is 45.2 Å². The van der Waals surface area contributed by atoms with E-state index in [-0.39, 0.29) is 5.52 Å². The molecule has 0 saturated heterocycles. The molecule has 0 aliphatic rings. The summed E-state index contributed by atoms with van der Waals surface area (Å²) in [6, 6.07) is 13.7. The normalized spacial score (nSPS) is 14.2. The minimum Gasteiger partial charge on any atom is -0.234 e. The number of aryl methyl sites for hydroxylation is 3. The van der Waals surface area contributed by atoms with Gasteiger partial charge in [0.25, 0.3) is 0 Å². The fraction of sp³-hybridized carbons (Fsp3) is 0.350. The smallest absolute Gasteiger partial charge is 0.234 e. The summed E-state index contributed by atoms with van der Waals surface area (Å²) in [6.45, 7) is 9.76. The average molecular weight is 327 g/mol. The van der Waals surface area contributed by atoms with E-state index in [1.165, 1.54) is 0 Å². The highest BCUT2D eigenvalue weighted by Gasteiger charge is 2.51. The Balaban J connectivity index is 2.49. The molecule has 23 heavy (non-hydrogen) atoms. The lowest BCUT2D eigenvalue weighted by Crippen LogP contribution is -2.20. The minimum atomic E-state index is -2.07. The molecule has 3 heteroatoms. The van der Waals surface area contributed by atoms with Gasteiger partial charge in [-0.15, -0.1) is 0 Å². The van der Waals surface area contributed by atoms with Crippen molar-refractivity contribution < 1.29 is 9.36 Å². The van der Waals surface area contributed by atoms with Crippen LogP contribution in [-0.4, -0.2) is 5.52 Å². The van der Waals surface area contributed by atoms with Crippen molar-refractivity contribution in [3.63, 3.8) is 0 Å². The molecule has 0 fully saturated rings. The van der Waals surface area contributed by atoms with E-state index in [9.17, 15) is 9.36 Å². The number of hydrogen-bond donors (Lipinski definition) is 0. The van der Waals surface area contributed by atoms with Crippen LogP contribution >= 0.6 is 7.80 Å². The zero-order valence-corrected chi connectivity index (χ0v) is 15.4. The second-order valence-corrected chi connectivity index (χ2v) is 8.35. The lowest BCUT2D eigenvalue weighted by Gasteiger charge is -2.17. The summed E-state index contributed by atoms with van der Waals surface area (Å²) in [5.74, 6) is 0. The Bertz CT molecular complexity index is 726. The molecule has 2 rings (SSSR count). The molecule has 120 valence electrons. The van der Waals surface area contributed by atoms with Gasteiger partial charge in [-0.3, -0.25) is 0 Å². The Morgan fingerprint density at radius 1 is 1.04 bits per heavy atom. The summed E-state index contributed by atoms with van der Waals surface area (Å²) < 4.78 is 13.2. The molecular formula is C20H24O2P+. The third-order valence-electron chi connectivity index (χ3n) is 4.61. The molecule has 2 atom stereocenters. The van der Waals surface area contributed by atoms with Gasteiger partial charge in [-0.2, -0.15) is 0 Å². The standard InChI is InChI=1S/C20H24O2P/c1-6-20(5,17-10-8-7-9-11-17)23(22)19(21)18-15(3)12-14(2)13-16(18)4/h7-13H,6H2,1-5H3/q+1. The predicted octanol–water partition coefficient (Wildman–Crippen LogP) is 5.90. The van der Waals surface area contributed by atoms with E-state index in [4.69, 9.17) is 0 Å². The van der Waals surface area contributed by atoms with Crippen molar-refractivity contribution >= 4 is 13.3 Å². The van der Waals surface area contributed by atoms with E-state index >= 15 is 0 Å². The van der Waals surface area contributed by atoms with Gasteiger partial charge in [0, 0.05) is 5.56 Å². The third-order valence-corrected chi connectivity index (χ3v) is 6.67. The maximum absolute atomic E-state index is 13.2. The number of carbonyl (C=O) groups excluding carboxylic acids is 1. The molecule has 0 spiro atoms. The van der Waals surface area contributed by atoms with Crippen molar-refractivity contribution in [3.8, 4) is 0 Å². The van der Waals surface area contributed by atoms with Gasteiger partial charge in [-0.1, -0.05) is 59.5 Å². The topological polar surface area (TPSA) is 34.1 Å². The zero-order chi connectivity index (χ0) is 17.2. The van der Waals surface area contributed by atoms with E-state index < -0.39 is 13.0 Å². The molecule has 0 amide bonds. The molecule has 2 aromatic carbocycles. The van der Waals surface area contributed by atoms with Crippen LogP contribution in [0.15, 0.2) is 42.5 Å². The van der Waals surface area contributed by atoms with Crippen LogP contribution in [0, 0.1) is 20.8 Å². The highest BCUT2D eigenvalue weighted by molar-refractivity contribution is 7.65. The third kappa shape index (κ3) is 3.28. The van der Waals surface area contributed by atoms with Crippen molar-refractivity contribution in [2.45, 2.75) is 46.2 Å². The van der Waals surface area contributed by atoms with Crippen LogP contribution in [0.1, 0.15) is 52.9 Å². The predicted molar refractivity (Wildman–Crippen MR) is 96.7 cm³/mol. The molecule has 0 heterocycles. The summed E-state index contributed by atoms with van der Waals surface area (Å²) in [5.41, 5.74) is 4.27. The first kappa shape index (κ1) is 17.6. The molecular weight excluding hydrogens is 303 g/mol. The summed E-state index contributed by atoms with van der Waals surface area (Å²) in [4.78, 5) is 13.0. The first-order chi connectivity index (χ1) is 10.8.